The van der Waals surface area contributed by atoms with Gasteiger partial charge in [0.05, 0.1) is 18.8 Å². The van der Waals surface area contributed by atoms with Crippen molar-refractivity contribution in [2.45, 2.75) is 26.6 Å². The number of nitrogens with zero attached hydrogens (tertiary/aromatic N) is 3. The van der Waals surface area contributed by atoms with Crippen molar-refractivity contribution < 1.29 is 13.5 Å². The fraction of sp³-hybridized carbons (Fsp3) is 0.368. The van der Waals surface area contributed by atoms with E-state index >= 15 is 0 Å². The lowest BCUT2D eigenvalue weighted by Gasteiger charge is -2.15. The summed E-state index contributed by atoms with van der Waals surface area (Å²) in [7, 11) is 3.85. The van der Waals surface area contributed by atoms with Crippen LogP contribution in [0.1, 0.15) is 18.2 Å². The molecule has 0 aliphatic rings. The lowest BCUT2D eigenvalue weighted by molar-refractivity contribution is -0.0504. The number of hydrogen-bond donors (Lipinski definition) is 2. The molecule has 0 aliphatic carbocycles. The normalized spacial score (nSPS) is 11.5. The largest absolute Gasteiger partial charge is 0.434 e. The summed E-state index contributed by atoms with van der Waals surface area (Å²) in [5.41, 5.74) is 1.32. The number of alkyl halides is 2. The van der Waals surface area contributed by atoms with E-state index in [0.29, 0.717) is 29.6 Å². The van der Waals surface area contributed by atoms with Crippen LogP contribution in [0, 0.1) is 0 Å². The number of benzene rings is 1. The van der Waals surface area contributed by atoms with Crippen LogP contribution in [0.25, 0.3) is 0 Å². The quantitative estimate of drug-likeness (QED) is 0.512. The summed E-state index contributed by atoms with van der Waals surface area (Å²) in [6, 6.07) is 10.2. The van der Waals surface area contributed by atoms with Crippen LogP contribution in [0.4, 0.5) is 14.6 Å². The lowest BCUT2D eigenvalue weighted by Crippen LogP contribution is -2.37. The highest BCUT2D eigenvalue weighted by Crippen LogP contribution is 2.25. The summed E-state index contributed by atoms with van der Waals surface area (Å²) in [5, 5.41) is 6.72. The second-order valence-corrected chi connectivity index (χ2v) is 6.50. The average molecular weight is 412 g/mol. The van der Waals surface area contributed by atoms with Crippen molar-refractivity contribution in [3.05, 3.63) is 52.7 Å². The summed E-state index contributed by atoms with van der Waals surface area (Å²) in [6.45, 7) is 0.261. The third-order valence-corrected chi connectivity index (χ3v) is 3.91. The molecule has 0 fully saturated rings. The van der Waals surface area contributed by atoms with E-state index in [2.05, 4.69) is 25.3 Å². The maximum Gasteiger partial charge on any atom is 0.387 e. The Kier molecular flexibility index (Phi) is 8.25. The topological polar surface area (TPSA) is 61.8 Å². The molecule has 0 saturated carbocycles. The zero-order valence-corrected chi connectivity index (χ0v) is 16.8. The van der Waals surface area contributed by atoms with Gasteiger partial charge in [-0.25, -0.2) is 9.98 Å². The zero-order valence-electron chi connectivity index (χ0n) is 16.0. The number of pyridine rings is 1. The number of nitrogens with one attached hydrogen (secondary N) is 2. The summed E-state index contributed by atoms with van der Waals surface area (Å²) >= 11 is 5.98. The lowest BCUT2D eigenvalue weighted by atomic mass is 10.2. The Balaban J connectivity index is 2.10. The zero-order chi connectivity index (χ0) is 20.5. The molecule has 1 aromatic carbocycles. The Hall–Kier alpha value is -2.61. The van der Waals surface area contributed by atoms with Crippen molar-refractivity contribution in [3.8, 4) is 5.75 Å². The Morgan fingerprint density at radius 2 is 2.04 bits per heavy atom. The van der Waals surface area contributed by atoms with Gasteiger partial charge in [0.25, 0.3) is 0 Å². The molecule has 1 heterocycles. The second-order valence-electron chi connectivity index (χ2n) is 6.06. The van der Waals surface area contributed by atoms with Crippen molar-refractivity contribution in [1.29, 1.82) is 0 Å². The number of rotatable bonds is 8. The van der Waals surface area contributed by atoms with E-state index in [1.165, 1.54) is 12.1 Å². The summed E-state index contributed by atoms with van der Waals surface area (Å²) < 4.78 is 29.7. The van der Waals surface area contributed by atoms with E-state index in [1.54, 1.807) is 6.07 Å². The third kappa shape index (κ3) is 6.84. The molecule has 1 aromatic heterocycles. The van der Waals surface area contributed by atoms with E-state index in [1.807, 2.05) is 44.1 Å². The predicted octanol–water partition coefficient (Wildman–Crippen LogP) is 3.66. The highest BCUT2D eigenvalue weighted by Gasteiger charge is 2.10. The fourth-order valence-corrected chi connectivity index (χ4v) is 2.57. The van der Waals surface area contributed by atoms with E-state index in [9.17, 15) is 8.78 Å². The van der Waals surface area contributed by atoms with Gasteiger partial charge in [-0.3, -0.25) is 0 Å². The molecule has 6 nitrogen and oxygen atoms in total. The first-order valence-corrected chi connectivity index (χ1v) is 9.15. The molecule has 0 radical (unpaired) electrons. The molecule has 2 aromatic rings. The number of guanidine groups is 1. The van der Waals surface area contributed by atoms with Gasteiger partial charge >= 0.3 is 6.61 Å². The average Bonchev–Trinajstić information content (AvgIpc) is 2.65. The molecule has 0 spiro atoms. The molecule has 0 atom stereocenters. The summed E-state index contributed by atoms with van der Waals surface area (Å²) in [6.07, 6.45) is 0. The van der Waals surface area contributed by atoms with Crippen molar-refractivity contribution in [1.82, 2.24) is 15.6 Å². The highest BCUT2D eigenvalue weighted by atomic mass is 35.5. The molecule has 2 N–H and O–H groups in total. The van der Waals surface area contributed by atoms with Crippen LogP contribution in [0.15, 0.2) is 41.4 Å². The molecule has 0 bridgehead atoms. The molecule has 0 aliphatic heterocycles. The van der Waals surface area contributed by atoms with Gasteiger partial charge in [-0.1, -0.05) is 17.7 Å². The van der Waals surface area contributed by atoms with Gasteiger partial charge in [0, 0.05) is 31.2 Å². The highest BCUT2D eigenvalue weighted by molar-refractivity contribution is 6.30. The van der Waals surface area contributed by atoms with Gasteiger partial charge in [-0.05, 0) is 37.3 Å². The number of aromatic nitrogens is 1. The molecule has 0 amide bonds. The molecule has 28 heavy (non-hydrogen) atoms. The Morgan fingerprint density at radius 1 is 1.25 bits per heavy atom. The van der Waals surface area contributed by atoms with Gasteiger partial charge in [-0.15, -0.1) is 0 Å². The molecule has 9 heteroatoms. The minimum atomic E-state index is -2.91. The number of hydrogen-bond acceptors (Lipinski definition) is 4. The number of anilines is 1. The van der Waals surface area contributed by atoms with E-state index in [0.717, 1.165) is 11.5 Å². The summed E-state index contributed by atoms with van der Waals surface area (Å²) in [4.78, 5) is 10.9. The van der Waals surface area contributed by atoms with Crippen molar-refractivity contribution in [2.75, 3.05) is 25.5 Å². The van der Waals surface area contributed by atoms with Gasteiger partial charge in [0.1, 0.15) is 11.6 Å². The first-order valence-electron chi connectivity index (χ1n) is 8.77. The van der Waals surface area contributed by atoms with Gasteiger partial charge in [0.15, 0.2) is 5.96 Å². The number of halogens is 3. The molecule has 0 saturated heterocycles. The van der Waals surface area contributed by atoms with Crippen LogP contribution in [0.5, 0.6) is 5.75 Å². The summed E-state index contributed by atoms with van der Waals surface area (Å²) in [5.74, 6) is 1.44. The van der Waals surface area contributed by atoms with Crippen LogP contribution in [-0.4, -0.2) is 38.2 Å². The van der Waals surface area contributed by atoms with Crippen LogP contribution in [0.2, 0.25) is 5.02 Å². The van der Waals surface area contributed by atoms with Crippen molar-refractivity contribution in [2.24, 2.45) is 4.99 Å². The molecular weight excluding hydrogens is 388 g/mol. The minimum Gasteiger partial charge on any atom is -0.434 e. The Labute approximate surface area is 168 Å². The van der Waals surface area contributed by atoms with E-state index in [4.69, 9.17) is 11.6 Å². The van der Waals surface area contributed by atoms with Gasteiger partial charge < -0.3 is 20.3 Å². The fourth-order valence-electron chi connectivity index (χ4n) is 2.38. The first kappa shape index (κ1) is 21.7. The molecule has 152 valence electrons. The number of ether oxygens (including phenoxy) is 1. The van der Waals surface area contributed by atoms with Crippen molar-refractivity contribution in [3.63, 3.8) is 0 Å². The van der Waals surface area contributed by atoms with Gasteiger partial charge in [-0.2, -0.15) is 8.78 Å². The smallest absolute Gasteiger partial charge is 0.387 e. The molecule has 2 rings (SSSR count). The SMILES string of the molecule is CCNC(=NCc1cc(Cl)ccc1OC(F)F)NCc1cccc(N(C)C)n1. The standard InChI is InChI=1S/C19H24ClF2N5O/c1-4-23-19(25-12-15-6-5-7-17(26-15)27(2)3)24-11-13-10-14(20)8-9-16(13)28-18(21)22/h5-10,18H,4,11-12H2,1-3H3,(H2,23,24,25). The monoisotopic (exact) mass is 411 g/mol. The van der Waals surface area contributed by atoms with Crippen LogP contribution >= 0.6 is 11.6 Å². The Bertz CT molecular complexity index is 802. The maximum absolute atomic E-state index is 12.6. The van der Waals surface area contributed by atoms with Crippen LogP contribution in [0.3, 0.4) is 0 Å². The van der Waals surface area contributed by atoms with Crippen LogP contribution < -0.4 is 20.3 Å². The van der Waals surface area contributed by atoms with E-state index < -0.39 is 6.61 Å². The van der Waals surface area contributed by atoms with Crippen LogP contribution in [-0.2, 0) is 13.1 Å². The minimum absolute atomic E-state index is 0.0550. The maximum atomic E-state index is 12.6. The van der Waals surface area contributed by atoms with Gasteiger partial charge in [0.2, 0.25) is 0 Å². The third-order valence-electron chi connectivity index (χ3n) is 3.68. The molecule has 0 unspecified atom stereocenters. The second kappa shape index (κ2) is 10.7. The predicted molar refractivity (Wildman–Crippen MR) is 108 cm³/mol. The first-order chi connectivity index (χ1) is 13.4. The molecular formula is C19H24ClF2N5O. The number of aliphatic imine (C=N–C) groups is 1. The van der Waals surface area contributed by atoms with E-state index in [-0.39, 0.29) is 12.3 Å². The Morgan fingerprint density at radius 3 is 2.71 bits per heavy atom. The van der Waals surface area contributed by atoms with Crippen molar-refractivity contribution >= 4 is 23.4 Å².